The number of rotatable bonds is 5. The molecule has 3 N–H and O–H groups in total. The molecule has 7 heteroatoms. The summed E-state index contributed by atoms with van der Waals surface area (Å²) in [6, 6.07) is 11.9. The van der Waals surface area contributed by atoms with Crippen molar-refractivity contribution in [3.05, 3.63) is 53.7 Å². The maximum atomic E-state index is 12.1. The maximum Gasteiger partial charge on any atom is 0.244 e. The van der Waals surface area contributed by atoms with E-state index in [1.807, 2.05) is 12.1 Å². The molecule has 0 saturated heterocycles. The Labute approximate surface area is 150 Å². The van der Waals surface area contributed by atoms with Crippen LogP contribution in [0, 0.1) is 0 Å². The van der Waals surface area contributed by atoms with Gasteiger partial charge >= 0.3 is 0 Å². The molecule has 0 radical (unpaired) electrons. The van der Waals surface area contributed by atoms with Crippen LogP contribution in [-0.4, -0.2) is 33.8 Å². The molecule has 0 spiro atoms. The van der Waals surface area contributed by atoms with Gasteiger partial charge in [0.25, 0.3) is 0 Å². The molecule has 1 atom stereocenters. The smallest absolute Gasteiger partial charge is 0.244 e. The Morgan fingerprint density at radius 2 is 1.92 bits per heavy atom. The number of phenolic OH excluding ortho intramolecular Hbond substituents is 1. The van der Waals surface area contributed by atoms with Crippen LogP contribution in [0.15, 0.2) is 42.5 Å². The topological polar surface area (TPSA) is 107 Å². The molecule has 134 valence electrons. The number of primary amides is 1. The number of hydrogen-bond donors (Lipinski definition) is 2. The predicted molar refractivity (Wildman–Crippen MR) is 96.3 cm³/mol. The summed E-state index contributed by atoms with van der Waals surface area (Å²) in [5.41, 5.74) is 7.37. The quantitative estimate of drug-likeness (QED) is 0.731. The molecule has 0 aliphatic carbocycles. The standard InChI is InChI=1S/C19H19N3O4/c1-11(23)22-17-10-13(24)5-8-15(17)18(21-22)16(19(20)25)9-12-3-6-14(26-2)7-4-12/h3-8,10,16,24H,9H2,1-2H3,(H2,20,25). The molecule has 1 aromatic heterocycles. The van der Waals surface area contributed by atoms with Crippen LogP contribution in [0.3, 0.4) is 0 Å². The van der Waals surface area contributed by atoms with E-state index in [1.165, 1.54) is 23.7 Å². The number of hydrogen-bond acceptors (Lipinski definition) is 5. The van der Waals surface area contributed by atoms with Crippen molar-refractivity contribution in [1.82, 2.24) is 9.78 Å². The van der Waals surface area contributed by atoms with Crippen LogP contribution >= 0.6 is 0 Å². The number of carbonyl (C=O) groups is 2. The van der Waals surface area contributed by atoms with Crippen molar-refractivity contribution < 1.29 is 19.4 Å². The van der Waals surface area contributed by atoms with Gasteiger partial charge in [0, 0.05) is 18.4 Å². The second-order valence-corrected chi connectivity index (χ2v) is 6.02. The summed E-state index contributed by atoms with van der Waals surface area (Å²) in [7, 11) is 1.58. The van der Waals surface area contributed by atoms with Crippen molar-refractivity contribution in [3.8, 4) is 11.5 Å². The Morgan fingerprint density at radius 1 is 1.23 bits per heavy atom. The van der Waals surface area contributed by atoms with E-state index in [2.05, 4.69) is 5.10 Å². The van der Waals surface area contributed by atoms with Gasteiger partial charge in [-0.05, 0) is 36.2 Å². The van der Waals surface area contributed by atoms with Crippen LogP contribution in [0.5, 0.6) is 11.5 Å². The number of nitrogens with two attached hydrogens (primary N) is 1. The second kappa shape index (κ2) is 6.87. The summed E-state index contributed by atoms with van der Waals surface area (Å²) in [4.78, 5) is 24.0. The van der Waals surface area contributed by atoms with Crippen molar-refractivity contribution in [2.45, 2.75) is 19.3 Å². The van der Waals surface area contributed by atoms with Crippen LogP contribution in [0.2, 0.25) is 0 Å². The van der Waals surface area contributed by atoms with Crippen LogP contribution in [0.1, 0.15) is 28.9 Å². The zero-order valence-corrected chi connectivity index (χ0v) is 14.5. The van der Waals surface area contributed by atoms with Crippen LogP contribution in [-0.2, 0) is 11.2 Å². The number of aromatic nitrogens is 2. The lowest BCUT2D eigenvalue weighted by Crippen LogP contribution is -2.24. The van der Waals surface area contributed by atoms with Gasteiger partial charge in [-0.3, -0.25) is 9.59 Å². The summed E-state index contributed by atoms with van der Waals surface area (Å²) < 4.78 is 6.31. The first-order chi connectivity index (χ1) is 12.4. The van der Waals surface area contributed by atoms with E-state index in [0.29, 0.717) is 28.8 Å². The van der Waals surface area contributed by atoms with Gasteiger partial charge in [0.2, 0.25) is 11.8 Å². The van der Waals surface area contributed by atoms with Crippen molar-refractivity contribution in [2.75, 3.05) is 7.11 Å². The van der Waals surface area contributed by atoms with Gasteiger partial charge in [-0.15, -0.1) is 0 Å². The number of carbonyl (C=O) groups excluding carboxylic acids is 2. The number of ether oxygens (including phenoxy) is 1. The summed E-state index contributed by atoms with van der Waals surface area (Å²) in [5, 5.41) is 14.6. The van der Waals surface area contributed by atoms with Gasteiger partial charge in [0.15, 0.2) is 0 Å². The molecule has 3 aromatic rings. The molecule has 3 rings (SSSR count). The first kappa shape index (κ1) is 17.5. The molecule has 2 aromatic carbocycles. The normalized spacial score (nSPS) is 12.1. The lowest BCUT2D eigenvalue weighted by Gasteiger charge is -2.12. The minimum atomic E-state index is -0.712. The van der Waals surface area contributed by atoms with E-state index in [1.54, 1.807) is 25.3 Å². The second-order valence-electron chi connectivity index (χ2n) is 6.02. The number of nitrogens with zero attached hydrogens (tertiary/aromatic N) is 2. The number of benzene rings is 2. The Balaban J connectivity index is 2.07. The molecule has 1 heterocycles. The highest BCUT2D eigenvalue weighted by Gasteiger charge is 2.26. The number of aromatic hydroxyl groups is 1. The highest BCUT2D eigenvalue weighted by atomic mass is 16.5. The van der Waals surface area contributed by atoms with E-state index in [9.17, 15) is 14.7 Å². The molecular weight excluding hydrogens is 334 g/mol. The Bertz CT molecular complexity index is 976. The molecule has 1 unspecified atom stereocenters. The fraction of sp³-hybridized carbons (Fsp3) is 0.211. The first-order valence-electron chi connectivity index (χ1n) is 8.05. The maximum absolute atomic E-state index is 12.1. The Morgan fingerprint density at radius 3 is 2.50 bits per heavy atom. The molecule has 1 amide bonds. The molecule has 26 heavy (non-hydrogen) atoms. The monoisotopic (exact) mass is 353 g/mol. The Hall–Kier alpha value is -3.35. The molecule has 0 aliphatic rings. The van der Waals surface area contributed by atoms with E-state index in [4.69, 9.17) is 10.5 Å². The molecule has 0 fully saturated rings. The zero-order valence-electron chi connectivity index (χ0n) is 14.5. The van der Waals surface area contributed by atoms with Crippen LogP contribution < -0.4 is 10.5 Å². The Kier molecular flexibility index (Phi) is 4.62. The lowest BCUT2D eigenvalue weighted by atomic mass is 9.93. The average molecular weight is 353 g/mol. The zero-order chi connectivity index (χ0) is 18.8. The fourth-order valence-electron chi connectivity index (χ4n) is 2.95. The van der Waals surface area contributed by atoms with Crippen molar-refractivity contribution in [2.24, 2.45) is 5.73 Å². The van der Waals surface area contributed by atoms with Gasteiger partial charge in [-0.25, -0.2) is 0 Å². The minimum absolute atomic E-state index is 0.0113. The van der Waals surface area contributed by atoms with E-state index in [-0.39, 0.29) is 11.7 Å². The number of fused-ring (bicyclic) bond motifs is 1. The number of amides is 1. The average Bonchev–Trinajstić information content (AvgIpc) is 2.98. The highest BCUT2D eigenvalue weighted by molar-refractivity contribution is 5.95. The van der Waals surface area contributed by atoms with Crippen LogP contribution in [0.25, 0.3) is 10.9 Å². The summed E-state index contributed by atoms with van der Waals surface area (Å²) in [5.74, 6) is -0.845. The molecule has 7 nitrogen and oxygen atoms in total. The van der Waals surface area contributed by atoms with E-state index in [0.717, 1.165) is 5.56 Å². The van der Waals surface area contributed by atoms with Gasteiger partial charge < -0.3 is 15.6 Å². The van der Waals surface area contributed by atoms with Gasteiger partial charge in [0.05, 0.1) is 24.2 Å². The molecule has 0 aliphatic heterocycles. The SMILES string of the molecule is COc1ccc(CC(C(N)=O)c2nn(C(C)=O)c3cc(O)ccc23)cc1. The van der Waals surface area contributed by atoms with Crippen LogP contribution in [0.4, 0.5) is 0 Å². The number of methoxy groups -OCH3 is 1. The van der Waals surface area contributed by atoms with Crippen molar-refractivity contribution >= 4 is 22.7 Å². The molecule has 0 saturated carbocycles. The summed E-state index contributed by atoms with van der Waals surface area (Å²) >= 11 is 0. The molecular formula is C19H19N3O4. The fourth-order valence-corrected chi connectivity index (χ4v) is 2.95. The van der Waals surface area contributed by atoms with Gasteiger partial charge in [0.1, 0.15) is 11.5 Å². The highest BCUT2D eigenvalue weighted by Crippen LogP contribution is 2.30. The van der Waals surface area contributed by atoms with Crippen molar-refractivity contribution in [3.63, 3.8) is 0 Å². The third-order valence-electron chi connectivity index (χ3n) is 4.26. The van der Waals surface area contributed by atoms with Gasteiger partial charge in [-0.1, -0.05) is 12.1 Å². The summed E-state index contributed by atoms with van der Waals surface area (Å²) in [6.07, 6.45) is 0.338. The van der Waals surface area contributed by atoms with E-state index >= 15 is 0 Å². The van der Waals surface area contributed by atoms with Gasteiger partial charge in [-0.2, -0.15) is 9.78 Å². The predicted octanol–water partition coefficient (Wildman–Crippen LogP) is 2.22. The molecule has 0 bridgehead atoms. The number of phenols is 1. The lowest BCUT2D eigenvalue weighted by molar-refractivity contribution is -0.119. The third-order valence-corrected chi connectivity index (χ3v) is 4.26. The van der Waals surface area contributed by atoms with Crippen molar-refractivity contribution in [1.29, 1.82) is 0 Å². The van der Waals surface area contributed by atoms with E-state index < -0.39 is 11.8 Å². The third kappa shape index (κ3) is 3.23. The first-order valence-corrected chi connectivity index (χ1v) is 8.05. The largest absolute Gasteiger partial charge is 0.508 e. The summed E-state index contributed by atoms with van der Waals surface area (Å²) in [6.45, 7) is 1.36. The minimum Gasteiger partial charge on any atom is -0.508 e.